The number of fused-ring (bicyclic) bond motifs is 2. The van der Waals surface area contributed by atoms with Crippen LogP contribution in [0.2, 0.25) is 0 Å². The maximum absolute atomic E-state index is 10.1. The zero-order valence-corrected chi connectivity index (χ0v) is 23.9. The van der Waals surface area contributed by atoms with E-state index in [9.17, 15) is 5.26 Å². The minimum Gasteiger partial charge on any atom is -0.253 e. The Morgan fingerprint density at radius 1 is 0.619 bits per heavy atom. The quantitative estimate of drug-likeness (QED) is 0.215. The lowest BCUT2D eigenvalue weighted by molar-refractivity contribution is 0.607. The van der Waals surface area contributed by atoms with Crippen molar-refractivity contribution in [2.75, 3.05) is 0 Å². The van der Waals surface area contributed by atoms with Crippen molar-refractivity contribution in [1.29, 1.82) is 5.26 Å². The Hall–Kier alpha value is -5.12. The number of aromatic nitrogens is 4. The summed E-state index contributed by atoms with van der Waals surface area (Å²) in [4.78, 5) is 21.1. The summed E-state index contributed by atoms with van der Waals surface area (Å²) in [6.07, 6.45) is 1.74. The first-order valence-electron chi connectivity index (χ1n) is 13.7. The van der Waals surface area contributed by atoms with E-state index in [-0.39, 0.29) is 5.41 Å². The Morgan fingerprint density at radius 2 is 1.26 bits per heavy atom. The first-order chi connectivity index (χ1) is 20.5. The molecule has 0 saturated carbocycles. The smallest absolute Gasteiger partial charge is 0.182 e. The van der Waals surface area contributed by atoms with Crippen molar-refractivity contribution in [3.63, 3.8) is 0 Å². The van der Waals surface area contributed by atoms with Gasteiger partial charge in [-0.2, -0.15) is 5.26 Å². The summed E-state index contributed by atoms with van der Waals surface area (Å²) in [6.45, 7) is 4.48. The summed E-state index contributed by atoms with van der Waals surface area (Å²) < 4.78 is 0. The van der Waals surface area contributed by atoms with Gasteiger partial charge < -0.3 is 0 Å². The second-order valence-electron chi connectivity index (χ2n) is 10.7. The zero-order valence-electron chi connectivity index (χ0n) is 23.1. The number of benzene rings is 4. The lowest BCUT2D eigenvalue weighted by Gasteiger charge is -2.35. The molecule has 0 amide bonds. The summed E-state index contributed by atoms with van der Waals surface area (Å²) in [6, 6.07) is 39.0. The highest BCUT2D eigenvalue weighted by atomic mass is 32.2. The van der Waals surface area contributed by atoms with E-state index >= 15 is 0 Å². The molecule has 5 nitrogen and oxygen atoms in total. The molecule has 0 radical (unpaired) electrons. The van der Waals surface area contributed by atoms with E-state index in [1.54, 1.807) is 18.0 Å². The van der Waals surface area contributed by atoms with Crippen LogP contribution in [0.4, 0.5) is 0 Å². The molecule has 2 aromatic heterocycles. The van der Waals surface area contributed by atoms with Crippen LogP contribution in [0, 0.1) is 11.3 Å². The van der Waals surface area contributed by atoms with Crippen LogP contribution in [0.3, 0.4) is 0 Å². The van der Waals surface area contributed by atoms with Crippen molar-refractivity contribution in [1.82, 2.24) is 19.9 Å². The van der Waals surface area contributed by atoms with Gasteiger partial charge >= 0.3 is 0 Å². The normalized spacial score (nSPS) is 13.1. The number of hydrogen-bond acceptors (Lipinski definition) is 6. The lowest BCUT2D eigenvalue weighted by atomic mass is 9.76. The van der Waals surface area contributed by atoms with Crippen LogP contribution in [0.25, 0.3) is 45.4 Å². The highest BCUT2D eigenvalue weighted by molar-refractivity contribution is 7.99. The number of hydrogen-bond donors (Lipinski definition) is 0. The second kappa shape index (κ2) is 10.4. The maximum atomic E-state index is 10.1. The van der Waals surface area contributed by atoms with Gasteiger partial charge in [0.25, 0.3) is 0 Å². The third-order valence-electron chi connectivity index (χ3n) is 7.69. The monoisotopic (exact) mass is 559 g/mol. The summed E-state index contributed by atoms with van der Waals surface area (Å²) in [5.74, 6) is 1.70. The van der Waals surface area contributed by atoms with Crippen LogP contribution in [-0.4, -0.2) is 19.9 Å². The van der Waals surface area contributed by atoms with E-state index in [1.807, 2.05) is 66.7 Å². The molecule has 7 rings (SSSR count). The molecule has 6 heteroatoms. The highest BCUT2D eigenvalue weighted by Gasteiger charge is 2.34. The molecule has 1 aliphatic heterocycles. The molecule has 0 bridgehead atoms. The third-order valence-corrected chi connectivity index (χ3v) is 8.91. The van der Waals surface area contributed by atoms with E-state index in [0.717, 1.165) is 27.1 Å². The Morgan fingerprint density at radius 3 is 1.98 bits per heavy atom. The van der Waals surface area contributed by atoms with Gasteiger partial charge in [0.1, 0.15) is 11.8 Å². The van der Waals surface area contributed by atoms with Crippen LogP contribution in [0.15, 0.2) is 125 Å². The Kier molecular flexibility index (Phi) is 6.38. The van der Waals surface area contributed by atoms with Crippen LogP contribution < -0.4 is 0 Å². The van der Waals surface area contributed by atoms with Gasteiger partial charge in [-0.1, -0.05) is 104 Å². The summed E-state index contributed by atoms with van der Waals surface area (Å²) in [5, 5.41) is 10.1. The molecule has 4 aromatic carbocycles. The van der Waals surface area contributed by atoms with Gasteiger partial charge in [0.05, 0.1) is 5.56 Å². The molecule has 3 heterocycles. The fraction of sp³-hybridized carbons (Fsp3) is 0.0833. The minimum atomic E-state index is -0.223. The van der Waals surface area contributed by atoms with Gasteiger partial charge in [0.15, 0.2) is 17.5 Å². The van der Waals surface area contributed by atoms with Gasteiger partial charge in [-0.3, -0.25) is 4.98 Å². The largest absolute Gasteiger partial charge is 0.253 e. The number of nitrogens with zero attached hydrogens (tertiary/aromatic N) is 5. The van der Waals surface area contributed by atoms with E-state index in [4.69, 9.17) is 15.0 Å². The molecule has 6 aromatic rings. The van der Waals surface area contributed by atoms with Gasteiger partial charge in [-0.25, -0.2) is 15.0 Å². The molecule has 0 saturated heterocycles. The molecule has 0 fully saturated rings. The van der Waals surface area contributed by atoms with Crippen molar-refractivity contribution in [2.24, 2.45) is 0 Å². The topological polar surface area (TPSA) is 75.3 Å². The van der Waals surface area contributed by atoms with E-state index in [1.165, 1.54) is 16.0 Å². The van der Waals surface area contributed by atoms with Crippen LogP contribution in [0.5, 0.6) is 0 Å². The van der Waals surface area contributed by atoms with E-state index in [2.05, 4.69) is 67.4 Å². The molecule has 0 unspecified atom stereocenters. The highest BCUT2D eigenvalue weighted by Crippen LogP contribution is 2.51. The van der Waals surface area contributed by atoms with Crippen molar-refractivity contribution < 1.29 is 0 Å². The fourth-order valence-electron chi connectivity index (χ4n) is 5.42. The SMILES string of the molecule is CC1(C)c2ccccc2Sc2c(C#N)cc(-c3ccc(-c4nc(-c5ccccc5)nc(-c5ccccn5)n4)cc3)cc21. The lowest BCUT2D eigenvalue weighted by Crippen LogP contribution is -2.24. The fourth-order valence-corrected chi connectivity index (χ4v) is 6.86. The van der Waals surface area contributed by atoms with Crippen LogP contribution >= 0.6 is 11.8 Å². The second-order valence-corrected chi connectivity index (χ2v) is 11.8. The Bertz CT molecular complexity index is 1920. The molecule has 1 aliphatic rings. The van der Waals surface area contributed by atoms with Crippen molar-refractivity contribution in [2.45, 2.75) is 29.1 Å². The molecule has 0 spiro atoms. The molecule has 0 atom stereocenters. The third kappa shape index (κ3) is 4.54. The molecular formula is C36H25N5S. The summed E-state index contributed by atoms with van der Waals surface area (Å²) >= 11 is 1.69. The maximum Gasteiger partial charge on any atom is 0.182 e. The zero-order chi connectivity index (χ0) is 28.7. The predicted molar refractivity (Wildman–Crippen MR) is 167 cm³/mol. The number of nitriles is 1. The predicted octanol–water partition coefficient (Wildman–Crippen LogP) is 8.60. The van der Waals surface area contributed by atoms with E-state index in [0.29, 0.717) is 28.7 Å². The van der Waals surface area contributed by atoms with Crippen LogP contribution in [-0.2, 0) is 5.41 Å². The molecule has 0 aliphatic carbocycles. The van der Waals surface area contributed by atoms with Crippen molar-refractivity contribution >= 4 is 11.8 Å². The molecule has 42 heavy (non-hydrogen) atoms. The summed E-state index contributed by atoms with van der Waals surface area (Å²) in [5.41, 5.74) is 7.45. The number of pyridine rings is 1. The van der Waals surface area contributed by atoms with Gasteiger partial charge in [0.2, 0.25) is 0 Å². The minimum absolute atomic E-state index is 0.223. The van der Waals surface area contributed by atoms with Gasteiger partial charge in [-0.05, 0) is 52.6 Å². The molecular weight excluding hydrogens is 534 g/mol. The van der Waals surface area contributed by atoms with Crippen molar-refractivity contribution in [3.8, 4) is 51.5 Å². The van der Waals surface area contributed by atoms with Gasteiger partial charge in [0, 0.05) is 32.5 Å². The van der Waals surface area contributed by atoms with Crippen LogP contribution in [0.1, 0.15) is 30.5 Å². The standard InChI is InChI=1S/C36H25N5S/c1-36(2)28-12-6-7-14-31(28)42-32-27(22-37)20-26(21-29(32)36)23-15-17-25(18-16-23)34-39-33(24-10-4-3-5-11-24)40-35(41-34)30-13-8-9-19-38-30/h3-21H,1-2H3. The Labute approximate surface area is 249 Å². The first-order valence-corrected chi connectivity index (χ1v) is 14.5. The first kappa shape index (κ1) is 25.8. The average molecular weight is 560 g/mol. The summed E-state index contributed by atoms with van der Waals surface area (Å²) in [7, 11) is 0. The average Bonchev–Trinajstić information content (AvgIpc) is 3.05. The molecule has 200 valence electrons. The Balaban J connectivity index is 1.30. The van der Waals surface area contributed by atoms with Gasteiger partial charge in [-0.15, -0.1) is 0 Å². The van der Waals surface area contributed by atoms with E-state index < -0.39 is 0 Å². The van der Waals surface area contributed by atoms with Crippen molar-refractivity contribution in [3.05, 3.63) is 132 Å². The molecule has 0 N–H and O–H groups in total. The number of rotatable bonds is 4.